The van der Waals surface area contributed by atoms with Crippen LogP contribution in [0.15, 0.2) is 4.47 Å². The summed E-state index contributed by atoms with van der Waals surface area (Å²) in [5.41, 5.74) is 1.10. The molecular formula is C15H20BrClN2O. The molecule has 3 rings (SSSR count). The van der Waals surface area contributed by atoms with E-state index in [0.29, 0.717) is 11.1 Å². The van der Waals surface area contributed by atoms with Crippen LogP contribution < -0.4 is 0 Å². The lowest BCUT2D eigenvalue weighted by molar-refractivity contribution is 0.0156. The lowest BCUT2D eigenvalue weighted by atomic mass is 10.0. The van der Waals surface area contributed by atoms with E-state index in [9.17, 15) is 0 Å². The number of hydrogen-bond donors (Lipinski definition) is 0. The standard InChI is InChI=1S/C15H20BrClN2O/c16-13-14(10-5-1-2-6-10)18-12(19-15(13)17)9-11-7-3-4-8-20-11/h10-11H,1-9H2. The monoisotopic (exact) mass is 358 g/mol. The lowest BCUT2D eigenvalue weighted by Gasteiger charge is -2.22. The van der Waals surface area contributed by atoms with E-state index < -0.39 is 0 Å². The minimum absolute atomic E-state index is 0.262. The second-order valence-electron chi connectivity index (χ2n) is 5.80. The summed E-state index contributed by atoms with van der Waals surface area (Å²) in [5.74, 6) is 1.38. The molecule has 0 N–H and O–H groups in total. The first-order valence-corrected chi connectivity index (χ1v) is 8.74. The molecule has 1 atom stereocenters. The predicted molar refractivity (Wildman–Crippen MR) is 83.2 cm³/mol. The number of hydrogen-bond acceptors (Lipinski definition) is 3. The van der Waals surface area contributed by atoms with Gasteiger partial charge in [-0.05, 0) is 48.0 Å². The quantitative estimate of drug-likeness (QED) is 0.736. The zero-order valence-electron chi connectivity index (χ0n) is 11.6. The molecule has 2 heterocycles. The van der Waals surface area contributed by atoms with Crippen LogP contribution >= 0.6 is 27.5 Å². The van der Waals surface area contributed by atoms with Crippen molar-refractivity contribution in [3.8, 4) is 0 Å². The van der Waals surface area contributed by atoms with Gasteiger partial charge in [0.25, 0.3) is 0 Å². The Morgan fingerprint density at radius 2 is 1.85 bits per heavy atom. The Kier molecular flexibility index (Phi) is 4.95. The van der Waals surface area contributed by atoms with E-state index in [2.05, 4.69) is 20.9 Å². The molecule has 1 aromatic rings. The Morgan fingerprint density at radius 1 is 1.10 bits per heavy atom. The van der Waals surface area contributed by atoms with Crippen LogP contribution in [-0.2, 0) is 11.2 Å². The first-order valence-electron chi connectivity index (χ1n) is 7.57. The van der Waals surface area contributed by atoms with Crippen LogP contribution in [0.4, 0.5) is 0 Å². The summed E-state index contributed by atoms with van der Waals surface area (Å²) >= 11 is 9.84. The molecule has 20 heavy (non-hydrogen) atoms. The molecule has 0 spiro atoms. The summed E-state index contributed by atoms with van der Waals surface area (Å²) in [7, 11) is 0. The highest BCUT2D eigenvalue weighted by molar-refractivity contribution is 9.10. The number of nitrogens with zero attached hydrogens (tertiary/aromatic N) is 2. The Bertz CT molecular complexity index is 471. The van der Waals surface area contributed by atoms with Gasteiger partial charge in [-0.2, -0.15) is 0 Å². The summed E-state index contributed by atoms with van der Waals surface area (Å²) < 4.78 is 6.67. The minimum Gasteiger partial charge on any atom is -0.378 e. The average molecular weight is 360 g/mol. The SMILES string of the molecule is Clc1nc(CC2CCCCO2)nc(C2CCCC2)c1Br. The van der Waals surface area contributed by atoms with Crippen molar-refractivity contribution in [3.05, 3.63) is 21.1 Å². The van der Waals surface area contributed by atoms with E-state index >= 15 is 0 Å². The van der Waals surface area contributed by atoms with E-state index in [4.69, 9.17) is 21.3 Å². The molecule has 0 amide bonds. The molecule has 2 aliphatic rings. The maximum atomic E-state index is 6.28. The largest absolute Gasteiger partial charge is 0.378 e. The van der Waals surface area contributed by atoms with Crippen molar-refractivity contribution in [2.75, 3.05) is 6.61 Å². The van der Waals surface area contributed by atoms with Gasteiger partial charge in [-0.1, -0.05) is 24.4 Å². The third-order valence-corrected chi connectivity index (χ3v) is 5.59. The first kappa shape index (κ1) is 14.7. The fourth-order valence-corrected chi connectivity index (χ4v) is 3.91. The van der Waals surface area contributed by atoms with E-state index in [0.717, 1.165) is 35.4 Å². The van der Waals surface area contributed by atoms with Crippen LogP contribution in [0.3, 0.4) is 0 Å². The minimum atomic E-state index is 0.262. The van der Waals surface area contributed by atoms with E-state index in [1.165, 1.54) is 38.5 Å². The van der Waals surface area contributed by atoms with Crippen LogP contribution in [0.2, 0.25) is 5.15 Å². The van der Waals surface area contributed by atoms with Gasteiger partial charge in [0.2, 0.25) is 0 Å². The smallest absolute Gasteiger partial charge is 0.147 e. The van der Waals surface area contributed by atoms with Gasteiger partial charge in [-0.15, -0.1) is 0 Å². The van der Waals surface area contributed by atoms with E-state index in [1.807, 2.05) is 0 Å². The second-order valence-corrected chi connectivity index (χ2v) is 6.95. The molecule has 1 saturated carbocycles. The molecule has 0 aromatic carbocycles. The van der Waals surface area contributed by atoms with Gasteiger partial charge < -0.3 is 4.74 Å². The molecule has 0 radical (unpaired) electrons. The molecule has 2 fully saturated rings. The molecule has 110 valence electrons. The van der Waals surface area contributed by atoms with Gasteiger partial charge >= 0.3 is 0 Å². The Hall–Kier alpha value is -0.190. The predicted octanol–water partition coefficient (Wildman–Crippen LogP) is 4.66. The van der Waals surface area contributed by atoms with Crippen LogP contribution in [0, 0.1) is 0 Å². The maximum absolute atomic E-state index is 6.28. The first-order chi connectivity index (χ1) is 9.74. The van der Waals surface area contributed by atoms with E-state index in [-0.39, 0.29) is 6.10 Å². The van der Waals surface area contributed by atoms with Crippen molar-refractivity contribution in [2.24, 2.45) is 0 Å². The van der Waals surface area contributed by atoms with Crippen LogP contribution in [-0.4, -0.2) is 22.7 Å². The van der Waals surface area contributed by atoms with Gasteiger partial charge in [0.05, 0.1) is 16.3 Å². The number of ether oxygens (including phenoxy) is 1. The van der Waals surface area contributed by atoms with Crippen molar-refractivity contribution in [1.29, 1.82) is 0 Å². The van der Waals surface area contributed by atoms with Gasteiger partial charge in [-0.25, -0.2) is 9.97 Å². The summed E-state index contributed by atoms with van der Waals surface area (Å²) in [4.78, 5) is 9.21. The van der Waals surface area contributed by atoms with E-state index in [1.54, 1.807) is 0 Å². The molecule has 1 saturated heterocycles. The Balaban J connectivity index is 1.80. The zero-order chi connectivity index (χ0) is 13.9. The van der Waals surface area contributed by atoms with Gasteiger partial charge in [0.1, 0.15) is 11.0 Å². The zero-order valence-corrected chi connectivity index (χ0v) is 13.9. The maximum Gasteiger partial charge on any atom is 0.147 e. The number of halogens is 2. The third kappa shape index (κ3) is 3.34. The number of rotatable bonds is 3. The summed E-state index contributed by atoms with van der Waals surface area (Å²) in [6, 6.07) is 0. The Labute approximate surface area is 133 Å². The second kappa shape index (κ2) is 6.71. The molecule has 1 aliphatic heterocycles. The number of aromatic nitrogens is 2. The molecule has 5 heteroatoms. The van der Waals surface area contributed by atoms with Crippen molar-refractivity contribution >= 4 is 27.5 Å². The van der Waals surface area contributed by atoms with Crippen molar-refractivity contribution in [1.82, 2.24) is 9.97 Å². The lowest BCUT2D eigenvalue weighted by Crippen LogP contribution is -2.23. The average Bonchev–Trinajstić information content (AvgIpc) is 2.98. The fourth-order valence-electron chi connectivity index (χ4n) is 3.21. The van der Waals surface area contributed by atoms with Gasteiger partial charge in [-0.3, -0.25) is 0 Å². The topological polar surface area (TPSA) is 35.0 Å². The van der Waals surface area contributed by atoms with Crippen molar-refractivity contribution in [2.45, 2.75) is 63.4 Å². The summed E-state index contributed by atoms with van der Waals surface area (Å²) in [5, 5.41) is 0.549. The molecule has 0 bridgehead atoms. The fraction of sp³-hybridized carbons (Fsp3) is 0.733. The van der Waals surface area contributed by atoms with Crippen LogP contribution in [0.5, 0.6) is 0 Å². The van der Waals surface area contributed by atoms with Crippen molar-refractivity contribution < 1.29 is 4.74 Å². The summed E-state index contributed by atoms with van der Waals surface area (Å²) in [6.07, 6.45) is 9.58. The third-order valence-electron chi connectivity index (χ3n) is 4.31. The van der Waals surface area contributed by atoms with Crippen LogP contribution in [0.1, 0.15) is 62.4 Å². The molecule has 3 nitrogen and oxygen atoms in total. The summed E-state index contributed by atoms with van der Waals surface area (Å²) in [6.45, 7) is 0.865. The van der Waals surface area contributed by atoms with Crippen molar-refractivity contribution in [3.63, 3.8) is 0 Å². The Morgan fingerprint density at radius 3 is 2.55 bits per heavy atom. The van der Waals surface area contributed by atoms with Crippen LogP contribution in [0.25, 0.3) is 0 Å². The molecule has 1 unspecified atom stereocenters. The highest BCUT2D eigenvalue weighted by atomic mass is 79.9. The molecule has 1 aliphatic carbocycles. The van der Waals surface area contributed by atoms with Gasteiger partial charge in [0, 0.05) is 18.9 Å². The van der Waals surface area contributed by atoms with Gasteiger partial charge in [0.15, 0.2) is 0 Å². The molecule has 1 aromatic heterocycles. The molecular weight excluding hydrogens is 340 g/mol. The highest BCUT2D eigenvalue weighted by Gasteiger charge is 2.24. The highest BCUT2D eigenvalue weighted by Crippen LogP contribution is 2.38. The normalized spacial score (nSPS) is 24.2.